The van der Waals surface area contributed by atoms with Gasteiger partial charge in [0.15, 0.2) is 0 Å². The highest BCUT2D eigenvalue weighted by molar-refractivity contribution is 7.89. The number of ether oxygens (including phenoxy) is 1. The molecule has 1 N–H and O–H groups in total. The molecule has 0 saturated carbocycles. The molecule has 6 nitrogen and oxygen atoms in total. The zero-order chi connectivity index (χ0) is 16.3. The smallest absolute Gasteiger partial charge is 0.309 e. The fourth-order valence-corrected chi connectivity index (χ4v) is 3.85. The Labute approximate surface area is 131 Å². The van der Waals surface area contributed by atoms with Gasteiger partial charge in [0.25, 0.3) is 0 Å². The molecule has 7 heteroatoms. The molecule has 0 spiro atoms. The predicted molar refractivity (Wildman–Crippen MR) is 82.8 cm³/mol. The Morgan fingerprint density at radius 1 is 1.45 bits per heavy atom. The van der Waals surface area contributed by atoms with Crippen molar-refractivity contribution in [2.45, 2.75) is 24.8 Å². The lowest BCUT2D eigenvalue weighted by Crippen LogP contribution is -2.37. The van der Waals surface area contributed by atoms with E-state index in [0.717, 1.165) is 17.7 Å². The summed E-state index contributed by atoms with van der Waals surface area (Å²) in [5, 5.41) is 0. The van der Waals surface area contributed by atoms with E-state index < -0.39 is 10.0 Å². The van der Waals surface area contributed by atoms with E-state index in [0.29, 0.717) is 24.4 Å². The topological polar surface area (TPSA) is 75.7 Å². The zero-order valence-electron chi connectivity index (χ0n) is 13.1. The van der Waals surface area contributed by atoms with Crippen molar-refractivity contribution in [3.63, 3.8) is 0 Å². The van der Waals surface area contributed by atoms with Crippen LogP contribution < -0.4 is 4.72 Å². The average Bonchev–Trinajstić information content (AvgIpc) is 2.53. The minimum absolute atomic E-state index is 0.198. The van der Waals surface area contributed by atoms with E-state index in [9.17, 15) is 13.2 Å². The average molecular weight is 326 g/mol. The molecule has 0 radical (unpaired) electrons. The van der Waals surface area contributed by atoms with E-state index in [-0.39, 0.29) is 11.9 Å². The summed E-state index contributed by atoms with van der Waals surface area (Å²) in [6, 6.07) is 5.34. The van der Waals surface area contributed by atoms with Gasteiger partial charge < -0.3 is 4.74 Å². The molecule has 0 fully saturated rings. The molecule has 1 aliphatic rings. The highest BCUT2D eigenvalue weighted by Crippen LogP contribution is 2.26. The molecule has 1 aromatic carbocycles. The molecular weight excluding hydrogens is 304 g/mol. The quantitative estimate of drug-likeness (QED) is 0.809. The minimum atomic E-state index is -3.44. The molecule has 0 amide bonds. The summed E-state index contributed by atoms with van der Waals surface area (Å²) in [5.74, 6) is -0.423. The zero-order valence-corrected chi connectivity index (χ0v) is 13.9. The molecule has 0 aromatic heterocycles. The molecule has 2 rings (SSSR count). The van der Waals surface area contributed by atoms with Crippen LogP contribution in [0, 0.1) is 5.92 Å². The number of carbonyl (C=O) groups is 1. The van der Waals surface area contributed by atoms with Crippen molar-refractivity contribution < 1.29 is 17.9 Å². The Morgan fingerprint density at radius 3 is 2.82 bits per heavy atom. The fraction of sp³-hybridized carbons (Fsp3) is 0.533. The van der Waals surface area contributed by atoms with Gasteiger partial charge in [0.05, 0.1) is 17.9 Å². The monoisotopic (exact) mass is 326 g/mol. The van der Waals surface area contributed by atoms with Gasteiger partial charge in [-0.1, -0.05) is 19.1 Å². The van der Waals surface area contributed by atoms with Gasteiger partial charge in [-0.2, -0.15) is 0 Å². The second-order valence-corrected chi connectivity index (χ2v) is 7.37. The second-order valence-electron chi connectivity index (χ2n) is 5.51. The van der Waals surface area contributed by atoms with Crippen molar-refractivity contribution in [1.82, 2.24) is 9.62 Å². The molecule has 1 heterocycles. The summed E-state index contributed by atoms with van der Waals surface area (Å²) < 4.78 is 31.3. The Bertz CT molecular complexity index is 658. The number of benzene rings is 1. The van der Waals surface area contributed by atoms with Crippen LogP contribution in [0.1, 0.15) is 18.1 Å². The number of methoxy groups -OCH3 is 1. The lowest BCUT2D eigenvalue weighted by Gasteiger charge is -2.31. The molecule has 0 unspecified atom stereocenters. The lowest BCUT2D eigenvalue weighted by atomic mass is 9.99. The highest BCUT2D eigenvalue weighted by atomic mass is 32.2. The first-order chi connectivity index (χ1) is 10.4. The highest BCUT2D eigenvalue weighted by Gasteiger charge is 2.26. The summed E-state index contributed by atoms with van der Waals surface area (Å²) in [6.45, 7) is 3.81. The normalized spacial score (nSPS) is 16.9. The summed E-state index contributed by atoms with van der Waals surface area (Å²) >= 11 is 0. The van der Waals surface area contributed by atoms with Crippen LogP contribution in [0.25, 0.3) is 0 Å². The van der Waals surface area contributed by atoms with Crippen molar-refractivity contribution in [2.75, 3.05) is 27.2 Å². The number of nitrogens with one attached hydrogen (secondary N) is 1. The first kappa shape index (κ1) is 16.9. The third-order valence-electron chi connectivity index (χ3n) is 4.00. The second kappa shape index (κ2) is 6.76. The molecule has 22 heavy (non-hydrogen) atoms. The number of hydrogen-bond donors (Lipinski definition) is 1. The van der Waals surface area contributed by atoms with Crippen LogP contribution in [0.5, 0.6) is 0 Å². The largest absolute Gasteiger partial charge is 0.469 e. The number of fused-ring (bicyclic) bond motifs is 1. The van der Waals surface area contributed by atoms with Crippen LogP contribution in [0.3, 0.4) is 0 Å². The third-order valence-corrected chi connectivity index (χ3v) is 5.49. The number of hydrogen-bond acceptors (Lipinski definition) is 5. The van der Waals surface area contributed by atoms with E-state index in [1.807, 2.05) is 13.0 Å². The van der Waals surface area contributed by atoms with Crippen molar-refractivity contribution in [3.8, 4) is 0 Å². The van der Waals surface area contributed by atoms with Gasteiger partial charge in [-0.15, -0.1) is 0 Å². The van der Waals surface area contributed by atoms with Crippen LogP contribution in [0.15, 0.2) is 23.1 Å². The third kappa shape index (κ3) is 3.48. The summed E-state index contributed by atoms with van der Waals surface area (Å²) in [5.41, 5.74) is 1.87. The fourth-order valence-electron chi connectivity index (χ4n) is 2.81. The maximum Gasteiger partial charge on any atom is 0.309 e. The van der Waals surface area contributed by atoms with Crippen LogP contribution in [-0.4, -0.2) is 46.5 Å². The molecule has 0 bridgehead atoms. The maximum absolute atomic E-state index is 12.1. The summed E-state index contributed by atoms with van der Waals surface area (Å²) in [4.78, 5) is 14.0. The number of rotatable bonds is 5. The van der Waals surface area contributed by atoms with E-state index in [4.69, 9.17) is 4.74 Å². The Balaban J connectivity index is 2.19. The number of sulfonamides is 1. The van der Waals surface area contributed by atoms with E-state index in [1.54, 1.807) is 12.1 Å². The molecule has 1 aromatic rings. The van der Waals surface area contributed by atoms with Crippen LogP contribution in [0.4, 0.5) is 0 Å². The molecular formula is C15H22N2O4S. The van der Waals surface area contributed by atoms with Gasteiger partial charge in [0.1, 0.15) is 0 Å². The van der Waals surface area contributed by atoms with Gasteiger partial charge >= 0.3 is 5.97 Å². The van der Waals surface area contributed by atoms with Gasteiger partial charge in [-0.25, -0.2) is 13.1 Å². The number of nitrogens with zero attached hydrogens (tertiary/aromatic N) is 1. The lowest BCUT2D eigenvalue weighted by molar-refractivity contribution is -0.145. The van der Waals surface area contributed by atoms with Crippen molar-refractivity contribution in [1.29, 1.82) is 0 Å². The molecule has 1 aliphatic heterocycles. The molecule has 0 aliphatic carbocycles. The number of carbonyl (C=O) groups excluding carboxylic acids is 1. The van der Waals surface area contributed by atoms with Gasteiger partial charge in [0, 0.05) is 19.6 Å². The van der Waals surface area contributed by atoms with Crippen molar-refractivity contribution in [2.24, 2.45) is 5.92 Å². The van der Waals surface area contributed by atoms with Crippen molar-refractivity contribution >= 4 is 16.0 Å². The maximum atomic E-state index is 12.1. The first-order valence-electron chi connectivity index (χ1n) is 7.23. The van der Waals surface area contributed by atoms with Crippen LogP contribution in [0.2, 0.25) is 0 Å². The van der Waals surface area contributed by atoms with Crippen LogP contribution in [-0.2, 0) is 32.5 Å². The van der Waals surface area contributed by atoms with Crippen molar-refractivity contribution in [3.05, 3.63) is 29.3 Å². The predicted octanol–water partition coefficient (Wildman–Crippen LogP) is 0.762. The SMILES string of the molecule is CNS(=O)(=O)c1cccc2c1CCN(C[C@@H](C)C(=O)OC)C2. The van der Waals surface area contributed by atoms with E-state index >= 15 is 0 Å². The summed E-state index contributed by atoms with van der Waals surface area (Å²) in [7, 11) is -0.634. The standard InChI is InChI=1S/C15H22N2O4S/c1-11(15(18)21-3)9-17-8-7-13-12(10-17)5-4-6-14(13)22(19,20)16-2/h4-6,11,16H,7-10H2,1-3H3/t11-/m1/s1. The number of esters is 1. The van der Waals surface area contributed by atoms with Gasteiger partial charge in [0.2, 0.25) is 10.0 Å². The molecule has 122 valence electrons. The first-order valence-corrected chi connectivity index (χ1v) is 8.72. The Morgan fingerprint density at radius 2 is 2.18 bits per heavy atom. The van der Waals surface area contributed by atoms with Crippen LogP contribution >= 0.6 is 0 Å². The van der Waals surface area contributed by atoms with E-state index in [2.05, 4.69) is 9.62 Å². The van der Waals surface area contributed by atoms with E-state index in [1.165, 1.54) is 14.2 Å². The van der Waals surface area contributed by atoms with Gasteiger partial charge in [-0.3, -0.25) is 9.69 Å². The minimum Gasteiger partial charge on any atom is -0.469 e. The summed E-state index contributed by atoms with van der Waals surface area (Å²) in [6.07, 6.45) is 0.653. The molecule has 1 atom stereocenters. The molecule has 0 saturated heterocycles. The van der Waals surface area contributed by atoms with Gasteiger partial charge in [-0.05, 0) is 30.7 Å². The Hall–Kier alpha value is -1.44. The Kier molecular flexibility index (Phi) is 5.20.